The van der Waals surface area contributed by atoms with Gasteiger partial charge in [-0.3, -0.25) is 4.79 Å². The van der Waals surface area contributed by atoms with Crippen molar-refractivity contribution in [2.75, 3.05) is 32.8 Å². The number of nitrogens with one attached hydrogen (secondary N) is 1. The lowest BCUT2D eigenvalue weighted by Crippen LogP contribution is -2.41. The van der Waals surface area contributed by atoms with Crippen molar-refractivity contribution in [2.24, 2.45) is 0 Å². The molecule has 1 atom stereocenters. The summed E-state index contributed by atoms with van der Waals surface area (Å²) in [6.07, 6.45) is 0.429. The van der Waals surface area contributed by atoms with Gasteiger partial charge in [0.1, 0.15) is 5.82 Å². The molecule has 1 aromatic rings. The van der Waals surface area contributed by atoms with Gasteiger partial charge in [0.2, 0.25) is 5.91 Å². The Kier molecular flexibility index (Phi) is 5.49. The molecule has 1 aromatic carbocycles. The lowest BCUT2D eigenvalue weighted by molar-refractivity contribution is -0.135. The fourth-order valence-electron chi connectivity index (χ4n) is 2.30. The van der Waals surface area contributed by atoms with Crippen LogP contribution in [0.4, 0.5) is 4.39 Å². The molecule has 0 aromatic heterocycles. The van der Waals surface area contributed by atoms with E-state index in [-0.39, 0.29) is 17.8 Å². The maximum atomic E-state index is 13.6. The first-order valence-electron chi connectivity index (χ1n) is 7.02. The summed E-state index contributed by atoms with van der Waals surface area (Å²) in [6.45, 7) is 5.02. The fraction of sp³-hybridized carbons (Fsp3) is 0.533. The molecular formula is C15H21FN2O2. The zero-order chi connectivity index (χ0) is 14.4. The van der Waals surface area contributed by atoms with Crippen LogP contribution in [0.25, 0.3) is 0 Å². The van der Waals surface area contributed by atoms with Crippen molar-refractivity contribution in [2.45, 2.75) is 19.4 Å². The summed E-state index contributed by atoms with van der Waals surface area (Å²) in [6, 6.07) is 6.60. The van der Waals surface area contributed by atoms with Gasteiger partial charge in [0, 0.05) is 37.7 Å². The van der Waals surface area contributed by atoms with Crippen molar-refractivity contribution in [3.05, 3.63) is 35.6 Å². The minimum atomic E-state index is -0.216. The largest absolute Gasteiger partial charge is 0.378 e. The molecule has 1 saturated heterocycles. The zero-order valence-corrected chi connectivity index (χ0v) is 11.8. The van der Waals surface area contributed by atoms with Gasteiger partial charge in [-0.05, 0) is 13.0 Å². The Bertz CT molecular complexity index is 447. The maximum Gasteiger partial charge on any atom is 0.224 e. The lowest BCUT2D eigenvalue weighted by Gasteiger charge is -2.27. The van der Waals surface area contributed by atoms with Gasteiger partial charge in [0.05, 0.1) is 13.2 Å². The number of ether oxygens (including phenoxy) is 1. The summed E-state index contributed by atoms with van der Waals surface area (Å²) in [4.78, 5) is 13.8. The smallest absolute Gasteiger partial charge is 0.224 e. The Hall–Kier alpha value is -1.46. The number of nitrogens with zero attached hydrogens (tertiary/aromatic N) is 1. The first kappa shape index (κ1) is 14.9. The van der Waals surface area contributed by atoms with Crippen LogP contribution in [0, 0.1) is 5.82 Å². The molecule has 0 radical (unpaired) electrons. The molecule has 0 aliphatic carbocycles. The SMILES string of the molecule is CC(NCCC(=O)N1CCOCC1)c1ccccc1F. The molecule has 1 amide bonds. The monoisotopic (exact) mass is 280 g/mol. The van der Waals surface area contributed by atoms with Gasteiger partial charge in [-0.15, -0.1) is 0 Å². The van der Waals surface area contributed by atoms with E-state index in [9.17, 15) is 9.18 Å². The molecule has 0 spiro atoms. The van der Waals surface area contributed by atoms with Gasteiger partial charge < -0.3 is 15.0 Å². The highest BCUT2D eigenvalue weighted by Gasteiger charge is 2.17. The predicted octanol–water partition coefficient (Wildman–Crippen LogP) is 1.73. The van der Waals surface area contributed by atoms with Gasteiger partial charge in [-0.1, -0.05) is 18.2 Å². The number of hydrogen-bond acceptors (Lipinski definition) is 3. The lowest BCUT2D eigenvalue weighted by atomic mass is 10.1. The Morgan fingerprint density at radius 1 is 1.40 bits per heavy atom. The van der Waals surface area contributed by atoms with Crippen LogP contribution in [0.3, 0.4) is 0 Å². The van der Waals surface area contributed by atoms with E-state index in [0.29, 0.717) is 44.8 Å². The number of amides is 1. The molecule has 20 heavy (non-hydrogen) atoms. The van der Waals surface area contributed by atoms with Crippen LogP contribution in [0.15, 0.2) is 24.3 Å². The van der Waals surface area contributed by atoms with Crippen molar-refractivity contribution in [1.82, 2.24) is 10.2 Å². The number of rotatable bonds is 5. The van der Waals surface area contributed by atoms with Crippen LogP contribution >= 0.6 is 0 Å². The van der Waals surface area contributed by atoms with Crippen LogP contribution < -0.4 is 5.32 Å². The summed E-state index contributed by atoms with van der Waals surface area (Å²) >= 11 is 0. The molecular weight excluding hydrogens is 259 g/mol. The van der Waals surface area contributed by atoms with Gasteiger partial charge in [0.15, 0.2) is 0 Å². The Balaban J connectivity index is 1.75. The van der Waals surface area contributed by atoms with Crippen molar-refractivity contribution >= 4 is 5.91 Å². The molecule has 2 rings (SSSR count). The highest BCUT2D eigenvalue weighted by atomic mass is 19.1. The average molecular weight is 280 g/mol. The molecule has 0 bridgehead atoms. The Labute approximate surface area is 118 Å². The number of benzene rings is 1. The van der Waals surface area contributed by atoms with E-state index in [1.807, 2.05) is 17.9 Å². The number of halogens is 1. The number of carbonyl (C=O) groups excluding carboxylic acids is 1. The number of morpholine rings is 1. The van der Waals surface area contributed by atoms with E-state index in [1.54, 1.807) is 12.1 Å². The summed E-state index contributed by atoms with van der Waals surface area (Å²) < 4.78 is 18.8. The van der Waals surface area contributed by atoms with Crippen LogP contribution in [0.5, 0.6) is 0 Å². The molecule has 1 aliphatic heterocycles. The van der Waals surface area contributed by atoms with E-state index < -0.39 is 0 Å². The molecule has 1 heterocycles. The van der Waals surface area contributed by atoms with Gasteiger partial charge in [0.25, 0.3) is 0 Å². The third-order valence-electron chi connectivity index (χ3n) is 3.52. The van der Waals surface area contributed by atoms with Crippen LogP contribution in [-0.2, 0) is 9.53 Å². The Morgan fingerprint density at radius 3 is 2.80 bits per heavy atom. The van der Waals surface area contributed by atoms with E-state index in [2.05, 4.69) is 5.32 Å². The van der Waals surface area contributed by atoms with Crippen LogP contribution in [0.1, 0.15) is 24.9 Å². The molecule has 0 saturated carbocycles. The van der Waals surface area contributed by atoms with Gasteiger partial charge in [-0.25, -0.2) is 4.39 Å². The Morgan fingerprint density at radius 2 is 2.10 bits per heavy atom. The summed E-state index contributed by atoms with van der Waals surface area (Å²) in [5.41, 5.74) is 0.631. The first-order valence-corrected chi connectivity index (χ1v) is 7.02. The molecule has 1 N–H and O–H groups in total. The van der Waals surface area contributed by atoms with Crippen LogP contribution in [0.2, 0.25) is 0 Å². The maximum absolute atomic E-state index is 13.6. The standard InChI is InChI=1S/C15H21FN2O2/c1-12(13-4-2-3-5-14(13)16)17-7-6-15(19)18-8-10-20-11-9-18/h2-5,12,17H,6-11H2,1H3. The van der Waals surface area contributed by atoms with E-state index in [0.717, 1.165) is 0 Å². The molecule has 1 aliphatic rings. The van der Waals surface area contributed by atoms with E-state index >= 15 is 0 Å². The van der Waals surface area contributed by atoms with Gasteiger partial charge in [-0.2, -0.15) is 0 Å². The van der Waals surface area contributed by atoms with Crippen molar-refractivity contribution < 1.29 is 13.9 Å². The third kappa shape index (κ3) is 4.02. The number of hydrogen-bond donors (Lipinski definition) is 1. The number of carbonyl (C=O) groups is 1. The summed E-state index contributed by atoms with van der Waals surface area (Å²) in [7, 11) is 0. The highest BCUT2D eigenvalue weighted by molar-refractivity contribution is 5.76. The highest BCUT2D eigenvalue weighted by Crippen LogP contribution is 2.15. The van der Waals surface area contributed by atoms with Gasteiger partial charge >= 0.3 is 0 Å². The zero-order valence-electron chi connectivity index (χ0n) is 11.8. The average Bonchev–Trinajstić information content (AvgIpc) is 2.48. The molecule has 1 fully saturated rings. The minimum Gasteiger partial charge on any atom is -0.378 e. The van der Waals surface area contributed by atoms with E-state index in [4.69, 9.17) is 4.74 Å². The second kappa shape index (κ2) is 7.36. The van der Waals surface area contributed by atoms with E-state index in [1.165, 1.54) is 6.07 Å². The fourth-order valence-corrected chi connectivity index (χ4v) is 2.30. The first-order chi connectivity index (χ1) is 9.68. The quantitative estimate of drug-likeness (QED) is 0.893. The topological polar surface area (TPSA) is 41.6 Å². The minimum absolute atomic E-state index is 0.103. The molecule has 110 valence electrons. The van der Waals surface area contributed by atoms with Crippen molar-refractivity contribution in [1.29, 1.82) is 0 Å². The second-order valence-electron chi connectivity index (χ2n) is 4.94. The summed E-state index contributed by atoms with van der Waals surface area (Å²) in [5, 5.41) is 3.19. The molecule has 4 nitrogen and oxygen atoms in total. The summed E-state index contributed by atoms with van der Waals surface area (Å²) in [5.74, 6) is -0.0893. The van der Waals surface area contributed by atoms with Crippen molar-refractivity contribution in [3.63, 3.8) is 0 Å². The molecule has 5 heteroatoms. The second-order valence-corrected chi connectivity index (χ2v) is 4.94. The van der Waals surface area contributed by atoms with Crippen LogP contribution in [-0.4, -0.2) is 43.7 Å². The predicted molar refractivity (Wildman–Crippen MR) is 74.8 cm³/mol. The molecule has 1 unspecified atom stereocenters. The third-order valence-corrected chi connectivity index (χ3v) is 3.52. The van der Waals surface area contributed by atoms with Crippen molar-refractivity contribution in [3.8, 4) is 0 Å². The normalized spacial score (nSPS) is 17.0.